The molecule has 0 amide bonds. The lowest BCUT2D eigenvalue weighted by Crippen LogP contribution is -2.21. The zero-order chi connectivity index (χ0) is 44.9. The van der Waals surface area contributed by atoms with E-state index in [-0.39, 0.29) is 17.5 Å². The fourth-order valence-corrected chi connectivity index (χ4v) is 9.90. The van der Waals surface area contributed by atoms with Gasteiger partial charge in [-0.15, -0.1) is 0 Å². The molecule has 1 unspecified atom stereocenters. The topological polar surface area (TPSA) is 34.1 Å². The van der Waals surface area contributed by atoms with Gasteiger partial charge in [0.1, 0.15) is 0 Å². The van der Waals surface area contributed by atoms with Gasteiger partial charge in [0.05, 0.1) is 0 Å². The number of hydrogen-bond donors (Lipinski definition) is 0. The summed E-state index contributed by atoms with van der Waals surface area (Å²) in [5.74, 6) is -0.276. The molecule has 0 aromatic carbocycles. The minimum Gasteiger partial charge on any atom is -0.291 e. The van der Waals surface area contributed by atoms with Gasteiger partial charge in [-0.05, 0) is 12.8 Å². The highest BCUT2D eigenvalue weighted by molar-refractivity contribution is 6.37. The number of unbranched alkanes of at least 4 members (excludes halogenated alkanes) is 50. The Morgan fingerprint density at radius 3 is 0.597 bits per heavy atom. The van der Waals surface area contributed by atoms with Crippen molar-refractivity contribution in [2.45, 2.75) is 367 Å². The van der Waals surface area contributed by atoms with Gasteiger partial charge < -0.3 is 0 Å². The number of Topliss-reactive ketones (excluding diaryl/α,β-unsaturated/α-hetero) is 2. The molecular weight excluding hydrogens is 753 g/mol. The summed E-state index contributed by atoms with van der Waals surface area (Å²) in [6.07, 6.45) is 74.2. The van der Waals surface area contributed by atoms with E-state index in [9.17, 15) is 9.59 Å². The van der Waals surface area contributed by atoms with E-state index in [1.807, 2.05) is 6.92 Å². The fourth-order valence-electron chi connectivity index (χ4n) is 9.90. The molecule has 0 rings (SSSR count). The summed E-state index contributed by atoms with van der Waals surface area (Å²) in [4.78, 5) is 25.2. The molecule has 0 radical (unpaired) electrons. The van der Waals surface area contributed by atoms with Gasteiger partial charge in [0.15, 0.2) is 5.78 Å². The normalized spacial score (nSPS) is 12.1. The molecule has 0 aromatic rings. The smallest absolute Gasteiger partial charge is 0.201 e. The maximum atomic E-state index is 12.6. The van der Waals surface area contributed by atoms with Gasteiger partial charge in [-0.2, -0.15) is 0 Å². The van der Waals surface area contributed by atoms with Crippen molar-refractivity contribution in [3.63, 3.8) is 0 Å². The minimum absolute atomic E-state index is 0.0825. The number of ketones is 2. The second-order valence-electron chi connectivity index (χ2n) is 20.9. The predicted octanol–water partition coefficient (Wildman–Crippen LogP) is 21.9. The molecule has 0 aliphatic carbocycles. The average molecular weight is 872 g/mol. The standard InChI is InChI=1S/C60H118O2/c1-4-6-8-10-12-14-16-18-20-22-24-26-28-30-31-33-34-36-38-40-42-44-46-48-50-52-54-56-58(3)60(62)59(61)57-55-53-51-49-47-45-43-41-39-37-35-32-29-27-25-23-21-19-17-15-13-11-9-7-5-2/h58H,4-57H2,1-3H3. The van der Waals surface area contributed by atoms with Crippen LogP contribution in [0.1, 0.15) is 367 Å². The van der Waals surface area contributed by atoms with Gasteiger partial charge >= 0.3 is 0 Å². The van der Waals surface area contributed by atoms with Crippen LogP contribution in [-0.4, -0.2) is 11.6 Å². The van der Waals surface area contributed by atoms with E-state index in [1.165, 1.54) is 315 Å². The largest absolute Gasteiger partial charge is 0.291 e. The molecule has 0 aliphatic rings. The molecule has 0 fully saturated rings. The molecule has 2 nitrogen and oxygen atoms in total. The number of carbonyl (C=O) groups is 2. The Kier molecular flexibility index (Phi) is 54.1. The van der Waals surface area contributed by atoms with Gasteiger partial charge in [0.25, 0.3) is 0 Å². The lowest BCUT2D eigenvalue weighted by Gasteiger charge is -2.09. The maximum absolute atomic E-state index is 12.6. The molecule has 0 bridgehead atoms. The minimum atomic E-state index is -0.100. The van der Waals surface area contributed by atoms with Crippen molar-refractivity contribution in [2.75, 3.05) is 0 Å². The zero-order valence-corrected chi connectivity index (χ0v) is 43.6. The summed E-state index contributed by atoms with van der Waals surface area (Å²) in [7, 11) is 0. The van der Waals surface area contributed by atoms with Crippen LogP contribution in [0.4, 0.5) is 0 Å². The third kappa shape index (κ3) is 50.3. The molecule has 0 N–H and O–H groups in total. The number of rotatable bonds is 56. The monoisotopic (exact) mass is 871 g/mol. The van der Waals surface area contributed by atoms with Crippen molar-refractivity contribution in [3.8, 4) is 0 Å². The molecule has 0 saturated heterocycles. The van der Waals surface area contributed by atoms with Gasteiger partial charge in [0.2, 0.25) is 5.78 Å². The first-order chi connectivity index (χ1) is 30.6. The van der Waals surface area contributed by atoms with E-state index in [0.717, 1.165) is 25.7 Å². The Labute approximate surface area is 393 Å². The molecule has 0 saturated carbocycles. The number of carbonyl (C=O) groups excluding carboxylic acids is 2. The van der Waals surface area contributed by atoms with Gasteiger partial charge in [-0.25, -0.2) is 0 Å². The van der Waals surface area contributed by atoms with Gasteiger partial charge in [-0.3, -0.25) is 9.59 Å². The first-order valence-corrected chi connectivity index (χ1v) is 29.7. The highest BCUT2D eigenvalue weighted by Crippen LogP contribution is 2.20. The third-order valence-corrected chi connectivity index (χ3v) is 14.5. The first kappa shape index (κ1) is 61.3. The highest BCUT2D eigenvalue weighted by Gasteiger charge is 2.20. The van der Waals surface area contributed by atoms with E-state index in [1.54, 1.807) is 0 Å². The van der Waals surface area contributed by atoms with E-state index in [0.29, 0.717) is 6.42 Å². The van der Waals surface area contributed by atoms with Crippen LogP contribution < -0.4 is 0 Å². The second-order valence-corrected chi connectivity index (χ2v) is 20.9. The zero-order valence-electron chi connectivity index (χ0n) is 43.6. The van der Waals surface area contributed by atoms with Crippen molar-refractivity contribution < 1.29 is 9.59 Å². The Morgan fingerprint density at radius 1 is 0.242 bits per heavy atom. The molecule has 1 atom stereocenters. The molecule has 62 heavy (non-hydrogen) atoms. The summed E-state index contributed by atoms with van der Waals surface area (Å²) < 4.78 is 0. The predicted molar refractivity (Wildman–Crippen MR) is 280 cm³/mol. The summed E-state index contributed by atoms with van der Waals surface area (Å²) in [5, 5.41) is 0. The van der Waals surface area contributed by atoms with Crippen LogP contribution in [0.3, 0.4) is 0 Å². The Morgan fingerprint density at radius 2 is 0.403 bits per heavy atom. The van der Waals surface area contributed by atoms with E-state index in [2.05, 4.69) is 13.8 Å². The molecule has 0 spiro atoms. The lowest BCUT2D eigenvalue weighted by molar-refractivity contribution is -0.138. The van der Waals surface area contributed by atoms with Crippen LogP contribution in [0, 0.1) is 5.92 Å². The average Bonchev–Trinajstić information content (AvgIpc) is 3.28. The van der Waals surface area contributed by atoms with Crippen LogP contribution in [0.25, 0.3) is 0 Å². The highest BCUT2D eigenvalue weighted by atomic mass is 16.2. The molecule has 0 aliphatic heterocycles. The Bertz CT molecular complexity index is 848. The first-order valence-electron chi connectivity index (χ1n) is 29.7. The number of hydrogen-bond acceptors (Lipinski definition) is 2. The fraction of sp³-hybridized carbons (Fsp3) is 0.967. The van der Waals surface area contributed by atoms with Crippen molar-refractivity contribution in [2.24, 2.45) is 5.92 Å². The van der Waals surface area contributed by atoms with Gasteiger partial charge in [0, 0.05) is 12.3 Å². The molecule has 0 heterocycles. The molecule has 370 valence electrons. The van der Waals surface area contributed by atoms with Crippen LogP contribution in [-0.2, 0) is 9.59 Å². The van der Waals surface area contributed by atoms with Crippen molar-refractivity contribution in [3.05, 3.63) is 0 Å². The van der Waals surface area contributed by atoms with Crippen molar-refractivity contribution in [1.29, 1.82) is 0 Å². The third-order valence-electron chi connectivity index (χ3n) is 14.5. The summed E-state index contributed by atoms with van der Waals surface area (Å²) in [5.41, 5.74) is 0. The summed E-state index contributed by atoms with van der Waals surface area (Å²) >= 11 is 0. The summed E-state index contributed by atoms with van der Waals surface area (Å²) in [6.45, 7) is 6.59. The SMILES string of the molecule is CCCCCCCCCCCCCCCCCCCCCCCCCCCCCC(C)C(=O)C(=O)CCCCCCCCCCCCCCCCCCCCCCCCCCC. The van der Waals surface area contributed by atoms with Crippen LogP contribution in [0.5, 0.6) is 0 Å². The van der Waals surface area contributed by atoms with Crippen molar-refractivity contribution in [1.82, 2.24) is 0 Å². The molecular formula is C60H118O2. The lowest BCUT2D eigenvalue weighted by atomic mass is 9.93. The Balaban J connectivity index is 3.31. The van der Waals surface area contributed by atoms with Gasteiger partial charge in [-0.1, -0.05) is 348 Å². The molecule has 2 heteroatoms. The molecule has 0 aromatic heterocycles. The van der Waals surface area contributed by atoms with E-state index < -0.39 is 0 Å². The maximum Gasteiger partial charge on any atom is 0.201 e. The van der Waals surface area contributed by atoms with Crippen LogP contribution in [0.15, 0.2) is 0 Å². The van der Waals surface area contributed by atoms with E-state index >= 15 is 0 Å². The second kappa shape index (κ2) is 54.7. The van der Waals surface area contributed by atoms with Crippen molar-refractivity contribution >= 4 is 11.6 Å². The van der Waals surface area contributed by atoms with E-state index in [4.69, 9.17) is 0 Å². The Hall–Kier alpha value is -0.660. The quantitative estimate of drug-likeness (QED) is 0.0451. The summed E-state index contributed by atoms with van der Waals surface area (Å²) in [6, 6.07) is 0. The van der Waals surface area contributed by atoms with Crippen LogP contribution in [0.2, 0.25) is 0 Å². The van der Waals surface area contributed by atoms with Crippen LogP contribution >= 0.6 is 0 Å².